The number of imidazole rings is 1. The fourth-order valence-corrected chi connectivity index (χ4v) is 2.49. The van der Waals surface area contributed by atoms with E-state index < -0.39 is 32.1 Å². The normalized spacial score (nSPS) is 26.9. The number of urea groups is 1. The largest absolute Gasteiger partial charge is 0.378 e. The zero-order chi connectivity index (χ0) is 25.3. The fraction of sp³-hybridized carbons (Fsp3) is 0.333. The SMILES string of the molecule is [2H]C1([2H])OC([2H])([2H])C([2H])([2H])N(C(=O)Nc2cc3cc(-c4cnc(C)n4C)ccc3nn2)C1([2H])[2H]. The molecule has 1 aliphatic heterocycles. The van der Waals surface area contributed by atoms with Crippen molar-refractivity contribution in [3.8, 4) is 11.3 Å². The first-order valence-electron chi connectivity index (χ1n) is 11.7. The number of aryl methyl sites for hydroxylation is 1. The topological polar surface area (TPSA) is 85.2 Å². The number of morpholine rings is 1. The highest BCUT2D eigenvalue weighted by Gasteiger charge is 2.17. The lowest BCUT2D eigenvalue weighted by Crippen LogP contribution is -2.43. The van der Waals surface area contributed by atoms with Gasteiger partial charge >= 0.3 is 6.03 Å². The molecule has 0 bridgehead atoms. The van der Waals surface area contributed by atoms with Crippen LogP contribution < -0.4 is 5.32 Å². The van der Waals surface area contributed by atoms with Gasteiger partial charge in [-0.2, -0.15) is 0 Å². The highest BCUT2D eigenvalue weighted by Crippen LogP contribution is 2.24. The van der Waals surface area contributed by atoms with Crippen LogP contribution in [0.2, 0.25) is 0 Å². The number of nitrogens with one attached hydrogen (secondary N) is 1. The molecule has 3 heterocycles. The standard InChI is InChI=1S/C18H20N6O2/c1-12-19-11-16(23(12)2)13-3-4-15-14(9-13)10-17(22-21-15)20-18(25)24-5-7-26-8-6-24/h3-4,9-11H,5-8H2,1-2H3,(H,20,22,25)/i5D2,6D2,7D2,8D2. The molecule has 0 aliphatic carbocycles. The van der Waals surface area contributed by atoms with Crippen molar-refractivity contribution in [1.29, 1.82) is 0 Å². The van der Waals surface area contributed by atoms with Gasteiger partial charge in [-0.1, -0.05) is 6.07 Å². The third-order valence-corrected chi connectivity index (χ3v) is 3.96. The molecule has 3 aromatic rings. The van der Waals surface area contributed by atoms with Gasteiger partial charge in [0.15, 0.2) is 5.82 Å². The van der Waals surface area contributed by atoms with Gasteiger partial charge in [0.2, 0.25) is 0 Å². The van der Waals surface area contributed by atoms with Crippen molar-refractivity contribution >= 4 is 22.8 Å². The van der Waals surface area contributed by atoms with E-state index in [-0.39, 0.29) is 10.7 Å². The van der Waals surface area contributed by atoms with Crippen molar-refractivity contribution in [1.82, 2.24) is 24.6 Å². The summed E-state index contributed by atoms with van der Waals surface area (Å²) < 4.78 is 69.0. The molecule has 134 valence electrons. The summed E-state index contributed by atoms with van der Waals surface area (Å²) in [6, 6.07) is 5.29. The molecule has 1 N–H and O–H groups in total. The van der Waals surface area contributed by atoms with Crippen LogP contribution in [0.1, 0.15) is 16.8 Å². The Bertz CT molecular complexity index is 1270. The zero-order valence-corrected chi connectivity index (χ0v) is 13.9. The maximum atomic E-state index is 12.9. The second-order valence-corrected chi connectivity index (χ2v) is 5.55. The monoisotopic (exact) mass is 360 g/mol. The number of amides is 2. The molecule has 4 rings (SSSR count). The molecule has 2 aromatic heterocycles. The van der Waals surface area contributed by atoms with Crippen LogP contribution in [-0.2, 0) is 11.8 Å². The molecule has 26 heavy (non-hydrogen) atoms. The predicted molar refractivity (Wildman–Crippen MR) is 97.9 cm³/mol. The molecule has 1 aliphatic rings. The number of carbonyl (C=O) groups excluding carboxylic acids is 1. The van der Waals surface area contributed by atoms with Crippen molar-refractivity contribution in [2.45, 2.75) is 6.92 Å². The maximum absolute atomic E-state index is 12.9. The molecule has 8 nitrogen and oxygen atoms in total. The van der Waals surface area contributed by atoms with Gasteiger partial charge < -0.3 is 14.2 Å². The Balaban J connectivity index is 1.70. The van der Waals surface area contributed by atoms with Gasteiger partial charge in [-0.25, -0.2) is 9.78 Å². The first kappa shape index (κ1) is 9.63. The van der Waals surface area contributed by atoms with Crippen LogP contribution in [0.5, 0.6) is 0 Å². The second-order valence-electron chi connectivity index (χ2n) is 5.55. The molecular formula is C18H20N6O2. The average Bonchev–Trinajstić information content (AvgIpc) is 3.03. The molecule has 0 atom stereocenters. The second kappa shape index (κ2) is 6.72. The number of aromatic nitrogens is 4. The van der Waals surface area contributed by atoms with Gasteiger partial charge in [0.05, 0.1) is 41.5 Å². The van der Waals surface area contributed by atoms with Gasteiger partial charge in [-0.15, -0.1) is 10.2 Å². The molecule has 1 fully saturated rings. The van der Waals surface area contributed by atoms with Crippen LogP contribution >= 0.6 is 0 Å². The number of hydrogen-bond donors (Lipinski definition) is 1. The maximum Gasteiger partial charge on any atom is 0.323 e. The Kier molecular flexibility index (Phi) is 2.49. The Morgan fingerprint density at radius 1 is 1.27 bits per heavy atom. The third-order valence-electron chi connectivity index (χ3n) is 3.96. The van der Waals surface area contributed by atoms with E-state index in [9.17, 15) is 4.79 Å². The molecule has 2 amide bonds. The first-order valence-corrected chi connectivity index (χ1v) is 7.66. The molecule has 8 heteroatoms. The lowest BCUT2D eigenvalue weighted by Gasteiger charge is -2.26. The van der Waals surface area contributed by atoms with E-state index in [1.54, 1.807) is 18.3 Å². The van der Waals surface area contributed by atoms with Crippen LogP contribution in [-0.4, -0.2) is 56.8 Å². The van der Waals surface area contributed by atoms with E-state index in [0.29, 0.717) is 10.9 Å². The zero-order valence-electron chi connectivity index (χ0n) is 21.9. The minimum absolute atomic E-state index is 0.171. The smallest absolute Gasteiger partial charge is 0.323 e. The fourth-order valence-electron chi connectivity index (χ4n) is 2.49. The highest BCUT2D eigenvalue weighted by molar-refractivity contribution is 5.91. The lowest BCUT2D eigenvalue weighted by molar-refractivity contribution is 0.0564. The van der Waals surface area contributed by atoms with E-state index in [1.165, 1.54) is 6.07 Å². The summed E-state index contributed by atoms with van der Waals surface area (Å²) in [5.41, 5.74) is 2.13. The summed E-state index contributed by atoms with van der Waals surface area (Å²) >= 11 is 0. The number of nitrogens with zero attached hydrogens (tertiary/aromatic N) is 5. The summed E-state index contributed by atoms with van der Waals surface area (Å²) in [5.74, 6) is 0.639. The number of fused-ring (bicyclic) bond motifs is 1. The quantitative estimate of drug-likeness (QED) is 0.757. The molecule has 0 spiro atoms. The van der Waals surface area contributed by atoms with Crippen LogP contribution in [0.25, 0.3) is 22.2 Å². The van der Waals surface area contributed by atoms with Gasteiger partial charge in [0, 0.05) is 31.0 Å². The Morgan fingerprint density at radius 3 is 2.81 bits per heavy atom. The van der Waals surface area contributed by atoms with Crippen LogP contribution in [0.4, 0.5) is 10.6 Å². The summed E-state index contributed by atoms with van der Waals surface area (Å²) in [6.07, 6.45) is 1.71. The number of carbonyl (C=O) groups is 1. The van der Waals surface area contributed by atoms with Crippen molar-refractivity contribution in [3.05, 3.63) is 36.3 Å². The number of benzene rings is 1. The minimum atomic E-state index is -3.36. The van der Waals surface area contributed by atoms with Crippen LogP contribution in [0, 0.1) is 6.92 Å². The van der Waals surface area contributed by atoms with Gasteiger partial charge in [0.25, 0.3) is 0 Å². The third kappa shape index (κ3) is 3.11. The molecular weight excluding hydrogens is 332 g/mol. The highest BCUT2D eigenvalue weighted by atomic mass is 16.5. The van der Waals surface area contributed by atoms with Crippen molar-refractivity contribution in [2.75, 3.05) is 31.4 Å². The minimum Gasteiger partial charge on any atom is -0.378 e. The Hall–Kier alpha value is -3.00. The predicted octanol–water partition coefficient (Wildman–Crippen LogP) is 2.20. The van der Waals surface area contributed by atoms with Crippen LogP contribution in [0.15, 0.2) is 30.5 Å². The molecule has 0 radical (unpaired) electrons. The van der Waals surface area contributed by atoms with E-state index in [0.717, 1.165) is 17.1 Å². The van der Waals surface area contributed by atoms with Gasteiger partial charge in [0.1, 0.15) is 5.82 Å². The Morgan fingerprint density at radius 2 is 2.08 bits per heavy atom. The van der Waals surface area contributed by atoms with E-state index in [4.69, 9.17) is 11.0 Å². The summed E-state index contributed by atoms with van der Waals surface area (Å²) in [4.78, 5) is 17.0. The van der Waals surface area contributed by atoms with Crippen LogP contribution in [0.3, 0.4) is 0 Å². The van der Waals surface area contributed by atoms with Crippen molar-refractivity contribution < 1.29 is 20.5 Å². The number of rotatable bonds is 2. The molecule has 0 saturated carbocycles. The van der Waals surface area contributed by atoms with Gasteiger partial charge in [-0.3, -0.25) is 5.32 Å². The van der Waals surface area contributed by atoms with Crippen molar-refractivity contribution in [3.63, 3.8) is 0 Å². The molecule has 0 unspecified atom stereocenters. The van der Waals surface area contributed by atoms with E-state index in [2.05, 4.69) is 25.2 Å². The molecule has 1 aromatic carbocycles. The summed E-state index contributed by atoms with van der Waals surface area (Å²) in [7, 11) is 1.86. The van der Waals surface area contributed by atoms with E-state index >= 15 is 0 Å². The average molecular weight is 360 g/mol. The summed E-state index contributed by atoms with van der Waals surface area (Å²) in [6.45, 7) is -11.5. The number of hydrogen-bond acceptors (Lipinski definition) is 5. The number of ether oxygens (including phenoxy) is 1. The first-order chi connectivity index (χ1) is 15.6. The van der Waals surface area contributed by atoms with Crippen molar-refractivity contribution in [2.24, 2.45) is 7.05 Å². The summed E-state index contributed by atoms with van der Waals surface area (Å²) in [5, 5.41) is 10.6. The molecule has 1 saturated heterocycles. The Labute approximate surface area is 162 Å². The number of anilines is 1. The lowest BCUT2D eigenvalue weighted by atomic mass is 10.1. The van der Waals surface area contributed by atoms with E-state index in [1.807, 2.05) is 24.6 Å². The van der Waals surface area contributed by atoms with Gasteiger partial charge in [-0.05, 0) is 25.1 Å².